The van der Waals surface area contributed by atoms with E-state index in [4.69, 9.17) is 4.74 Å². The third kappa shape index (κ3) is 3.97. The molecule has 0 radical (unpaired) electrons. The van der Waals surface area contributed by atoms with Gasteiger partial charge in [-0.15, -0.1) is 0 Å². The molecule has 2 aromatic carbocycles. The second-order valence-corrected chi connectivity index (χ2v) is 7.74. The van der Waals surface area contributed by atoms with E-state index in [-0.39, 0.29) is 0 Å². The van der Waals surface area contributed by atoms with Crippen molar-refractivity contribution in [1.29, 1.82) is 0 Å². The number of ether oxygens (including phenoxy) is 1. The van der Waals surface area contributed by atoms with E-state index in [9.17, 15) is 0 Å². The zero-order valence-electron chi connectivity index (χ0n) is 17.0. The van der Waals surface area contributed by atoms with Gasteiger partial charge in [0.05, 0.1) is 5.69 Å². The molecule has 0 unspecified atom stereocenters. The molecule has 0 amide bonds. The largest absolute Gasteiger partial charge is 0.489 e. The molecule has 0 atom stereocenters. The number of nitrogens with zero attached hydrogens (tertiary/aromatic N) is 2. The van der Waals surface area contributed by atoms with Gasteiger partial charge in [-0.3, -0.25) is 4.68 Å². The summed E-state index contributed by atoms with van der Waals surface area (Å²) in [6.07, 6.45) is 2.44. The molecule has 4 rings (SSSR count). The minimum atomic E-state index is 0.546. The van der Waals surface area contributed by atoms with E-state index >= 15 is 0 Å². The molecule has 1 aliphatic heterocycles. The Morgan fingerprint density at radius 2 is 1.75 bits per heavy atom. The Hall–Kier alpha value is -2.59. The lowest BCUT2D eigenvalue weighted by molar-refractivity contribution is 0.304. The minimum absolute atomic E-state index is 0.546. The highest BCUT2D eigenvalue weighted by molar-refractivity contribution is 5.66. The van der Waals surface area contributed by atoms with Crippen molar-refractivity contribution in [3.05, 3.63) is 71.0 Å². The molecule has 1 N–H and O–H groups in total. The number of rotatable bonds is 5. The Morgan fingerprint density at radius 1 is 1.04 bits per heavy atom. The fourth-order valence-corrected chi connectivity index (χ4v) is 4.07. The number of benzene rings is 2. The highest BCUT2D eigenvalue weighted by Crippen LogP contribution is 2.30. The number of aryl methyl sites for hydroxylation is 2. The summed E-state index contributed by atoms with van der Waals surface area (Å²) >= 11 is 0. The van der Waals surface area contributed by atoms with Crippen LogP contribution >= 0.6 is 0 Å². The molecule has 28 heavy (non-hydrogen) atoms. The predicted octanol–water partition coefficient (Wildman–Crippen LogP) is 4.75. The van der Waals surface area contributed by atoms with Crippen LogP contribution < -0.4 is 10.1 Å². The first kappa shape index (κ1) is 18.8. The van der Waals surface area contributed by atoms with Crippen molar-refractivity contribution < 1.29 is 4.74 Å². The van der Waals surface area contributed by atoms with Crippen LogP contribution in [-0.4, -0.2) is 22.9 Å². The quantitative estimate of drug-likeness (QED) is 0.699. The van der Waals surface area contributed by atoms with E-state index in [2.05, 4.69) is 59.8 Å². The maximum atomic E-state index is 6.11. The molecule has 1 saturated heterocycles. The Labute approximate surface area is 167 Å². The second-order valence-electron chi connectivity index (χ2n) is 7.74. The highest BCUT2D eigenvalue weighted by Gasteiger charge is 2.15. The summed E-state index contributed by atoms with van der Waals surface area (Å²) in [5.41, 5.74) is 7.27. The highest BCUT2D eigenvalue weighted by atomic mass is 16.5. The predicted molar refractivity (Wildman–Crippen MR) is 114 cm³/mol. The molecule has 1 fully saturated rings. The van der Waals surface area contributed by atoms with Gasteiger partial charge in [0, 0.05) is 18.3 Å². The molecule has 0 bridgehead atoms. The van der Waals surface area contributed by atoms with Gasteiger partial charge < -0.3 is 10.1 Å². The first-order chi connectivity index (χ1) is 13.6. The number of nitrogens with one attached hydrogen (secondary N) is 1. The number of hydrogen-bond acceptors (Lipinski definition) is 3. The summed E-state index contributed by atoms with van der Waals surface area (Å²) < 4.78 is 8.03. The van der Waals surface area contributed by atoms with Gasteiger partial charge in [0.25, 0.3) is 0 Å². The van der Waals surface area contributed by atoms with E-state index < -0.39 is 0 Å². The summed E-state index contributed by atoms with van der Waals surface area (Å²) in [5, 5.41) is 7.93. The maximum absolute atomic E-state index is 6.11. The smallest absolute Gasteiger partial charge is 0.120 e. The Morgan fingerprint density at radius 3 is 2.46 bits per heavy atom. The van der Waals surface area contributed by atoms with Crippen LogP contribution in [-0.2, 0) is 13.7 Å². The van der Waals surface area contributed by atoms with Crippen molar-refractivity contribution in [2.45, 2.75) is 39.2 Å². The topological polar surface area (TPSA) is 39.1 Å². The van der Waals surface area contributed by atoms with Gasteiger partial charge in [-0.1, -0.05) is 36.4 Å². The van der Waals surface area contributed by atoms with E-state index in [0.29, 0.717) is 12.5 Å². The molecule has 146 valence electrons. The Bertz CT molecular complexity index is 954. The van der Waals surface area contributed by atoms with Gasteiger partial charge in [0.2, 0.25) is 0 Å². The lowest BCUT2D eigenvalue weighted by Crippen LogP contribution is -2.26. The van der Waals surface area contributed by atoms with Crippen LogP contribution in [0.4, 0.5) is 0 Å². The molecule has 3 aromatic rings. The first-order valence-corrected chi connectivity index (χ1v) is 10.1. The van der Waals surface area contributed by atoms with E-state index in [1.165, 1.54) is 35.1 Å². The zero-order chi connectivity index (χ0) is 19.5. The van der Waals surface area contributed by atoms with Crippen molar-refractivity contribution >= 4 is 0 Å². The Balaban J connectivity index is 1.52. The lowest BCUT2D eigenvalue weighted by atomic mass is 9.88. The third-order valence-corrected chi connectivity index (χ3v) is 5.91. The number of piperidine rings is 1. The van der Waals surface area contributed by atoms with Gasteiger partial charge >= 0.3 is 0 Å². The molecule has 2 heterocycles. The van der Waals surface area contributed by atoms with Crippen LogP contribution in [0.15, 0.2) is 48.5 Å². The average molecular weight is 376 g/mol. The molecular weight excluding hydrogens is 346 g/mol. The van der Waals surface area contributed by atoms with Crippen molar-refractivity contribution in [2.24, 2.45) is 7.05 Å². The molecule has 0 aliphatic carbocycles. The van der Waals surface area contributed by atoms with Crippen LogP contribution in [0.25, 0.3) is 11.1 Å². The van der Waals surface area contributed by atoms with E-state index in [0.717, 1.165) is 30.2 Å². The summed E-state index contributed by atoms with van der Waals surface area (Å²) in [6.45, 7) is 6.90. The van der Waals surface area contributed by atoms with Crippen LogP contribution in [0.2, 0.25) is 0 Å². The summed E-state index contributed by atoms with van der Waals surface area (Å²) in [4.78, 5) is 0. The molecule has 4 nitrogen and oxygen atoms in total. The third-order valence-electron chi connectivity index (χ3n) is 5.91. The van der Waals surface area contributed by atoms with Crippen molar-refractivity contribution in [2.75, 3.05) is 13.1 Å². The molecule has 4 heteroatoms. The van der Waals surface area contributed by atoms with Gasteiger partial charge in [-0.05, 0) is 74.5 Å². The second kappa shape index (κ2) is 8.19. The average Bonchev–Trinajstić information content (AvgIpc) is 2.98. The van der Waals surface area contributed by atoms with E-state index in [1.807, 2.05) is 24.7 Å². The van der Waals surface area contributed by atoms with Gasteiger partial charge in [0.1, 0.15) is 12.4 Å². The first-order valence-electron chi connectivity index (χ1n) is 10.1. The van der Waals surface area contributed by atoms with Crippen molar-refractivity contribution in [1.82, 2.24) is 15.1 Å². The van der Waals surface area contributed by atoms with Gasteiger partial charge in [-0.2, -0.15) is 5.10 Å². The van der Waals surface area contributed by atoms with Crippen LogP contribution in [0.5, 0.6) is 5.75 Å². The summed E-state index contributed by atoms with van der Waals surface area (Å²) in [7, 11) is 1.97. The molecular formula is C24H29N3O. The molecule has 0 saturated carbocycles. The minimum Gasteiger partial charge on any atom is -0.489 e. The summed E-state index contributed by atoms with van der Waals surface area (Å²) in [5.74, 6) is 1.56. The van der Waals surface area contributed by atoms with Crippen molar-refractivity contribution in [3.8, 4) is 16.9 Å². The van der Waals surface area contributed by atoms with Crippen LogP contribution in [0.3, 0.4) is 0 Å². The number of aromatic nitrogens is 2. The SMILES string of the molecule is Cc1nn(C)c(C)c1COc1cccc(-c2cccc(C3CCNCC3)c2)c1. The lowest BCUT2D eigenvalue weighted by Gasteiger charge is -2.23. The monoisotopic (exact) mass is 375 g/mol. The fourth-order valence-electron chi connectivity index (χ4n) is 4.07. The number of hydrogen-bond donors (Lipinski definition) is 1. The zero-order valence-corrected chi connectivity index (χ0v) is 17.0. The Kier molecular flexibility index (Phi) is 5.49. The van der Waals surface area contributed by atoms with Gasteiger partial charge in [-0.25, -0.2) is 0 Å². The molecule has 0 spiro atoms. The van der Waals surface area contributed by atoms with Crippen LogP contribution in [0.1, 0.15) is 41.3 Å². The van der Waals surface area contributed by atoms with E-state index in [1.54, 1.807) is 0 Å². The van der Waals surface area contributed by atoms with Gasteiger partial charge in [0.15, 0.2) is 0 Å². The standard InChI is InChI=1S/C24H29N3O/c1-17-24(18(2)27(3)26-17)16-28-23-9-5-8-22(15-23)21-7-4-6-20(14-21)19-10-12-25-13-11-19/h4-9,14-15,19,25H,10-13,16H2,1-3H3. The fraction of sp³-hybridized carbons (Fsp3) is 0.375. The normalized spacial score (nSPS) is 15.0. The molecule has 1 aromatic heterocycles. The summed E-state index contributed by atoms with van der Waals surface area (Å²) in [6, 6.07) is 17.4. The molecule has 1 aliphatic rings. The van der Waals surface area contributed by atoms with Crippen molar-refractivity contribution in [3.63, 3.8) is 0 Å². The maximum Gasteiger partial charge on any atom is 0.120 e. The van der Waals surface area contributed by atoms with Crippen LogP contribution in [0, 0.1) is 13.8 Å².